The number of nitrogens with zero attached hydrogens (tertiary/aromatic N) is 1. The molecule has 0 saturated carbocycles. The number of aliphatic hydroxyl groups excluding tert-OH is 7. The first-order chi connectivity index (χ1) is 13.2. The Morgan fingerprint density at radius 1 is 0.893 bits per heavy atom. The number of aliphatic hydroxyl groups is 7. The van der Waals surface area contributed by atoms with Gasteiger partial charge in [-0.05, 0) is 12.8 Å². The zero-order valence-corrected chi connectivity index (χ0v) is 15.3. The van der Waals surface area contributed by atoms with Crippen LogP contribution in [0, 0.1) is 0 Å². The van der Waals surface area contributed by atoms with Gasteiger partial charge in [-0.3, -0.25) is 10.6 Å². The van der Waals surface area contributed by atoms with Gasteiger partial charge in [0.2, 0.25) is 5.85 Å². The molecule has 3 aliphatic rings. The third-order valence-corrected chi connectivity index (χ3v) is 5.71. The molecule has 10 atom stereocenters. The van der Waals surface area contributed by atoms with Gasteiger partial charge in [0.25, 0.3) is 0 Å². The first kappa shape index (κ1) is 22.2. The van der Waals surface area contributed by atoms with E-state index in [1.54, 1.807) is 4.90 Å². The van der Waals surface area contributed by atoms with Gasteiger partial charge in [0.1, 0.15) is 48.8 Å². The largest absolute Gasteiger partial charge is 0.394 e. The van der Waals surface area contributed by atoms with E-state index in [1.165, 1.54) is 0 Å². The molecule has 0 spiro atoms. The maximum Gasteiger partial charge on any atom is 0.204 e. The molecule has 0 aliphatic carbocycles. The Hall–Kier alpha value is -0.480. The van der Waals surface area contributed by atoms with Crippen LogP contribution in [0.2, 0.25) is 0 Å². The van der Waals surface area contributed by atoms with Crippen LogP contribution >= 0.6 is 0 Å². The highest BCUT2D eigenvalue weighted by atomic mass is 16.7. The standard InChI is InChI=1S/C16H30N2O10/c17-16(18-3-1-2-4-18)14(25)12(24)13(8(6-20)28-16)27-15-11(23)10(22)9(21)7(5-19)26-15/h7-15,19-25H,1-6,17H2/t7-,8-,9+,10+,11-,12+,13-,14-,15+,16?/m1/s1. The molecule has 0 amide bonds. The molecule has 164 valence electrons. The fourth-order valence-electron chi connectivity index (χ4n) is 4.00. The summed E-state index contributed by atoms with van der Waals surface area (Å²) in [6, 6.07) is 0. The van der Waals surface area contributed by atoms with Gasteiger partial charge >= 0.3 is 0 Å². The molecule has 12 nitrogen and oxygen atoms in total. The Morgan fingerprint density at radius 3 is 2.07 bits per heavy atom. The summed E-state index contributed by atoms with van der Waals surface area (Å²) in [5.41, 5.74) is 6.21. The van der Waals surface area contributed by atoms with Crippen molar-refractivity contribution in [2.24, 2.45) is 5.73 Å². The van der Waals surface area contributed by atoms with E-state index in [2.05, 4.69) is 0 Å². The molecule has 0 bridgehead atoms. The molecule has 3 fully saturated rings. The molecule has 12 heteroatoms. The number of rotatable bonds is 5. The molecule has 28 heavy (non-hydrogen) atoms. The predicted molar refractivity (Wildman–Crippen MR) is 90.3 cm³/mol. The van der Waals surface area contributed by atoms with E-state index in [-0.39, 0.29) is 0 Å². The second kappa shape index (κ2) is 8.71. The molecule has 0 aromatic heterocycles. The summed E-state index contributed by atoms with van der Waals surface area (Å²) < 4.78 is 16.5. The molecule has 1 unspecified atom stereocenters. The minimum atomic E-state index is -1.72. The fourth-order valence-corrected chi connectivity index (χ4v) is 4.00. The summed E-state index contributed by atoms with van der Waals surface area (Å²) in [5, 5.41) is 70.0. The van der Waals surface area contributed by atoms with Crippen LogP contribution in [-0.2, 0) is 14.2 Å². The average molecular weight is 410 g/mol. The summed E-state index contributed by atoms with van der Waals surface area (Å²) in [6.45, 7) is -0.159. The maximum absolute atomic E-state index is 10.6. The number of hydrogen-bond donors (Lipinski definition) is 8. The molecule has 3 heterocycles. The topological polar surface area (TPSA) is 199 Å². The van der Waals surface area contributed by atoms with E-state index in [1.807, 2.05) is 0 Å². The SMILES string of the molecule is NC1(N2CCCC2)O[C@H](CO)[C@@H](O[C@@H]2O[C@H](CO)[C@H](O)[C@H](O)[C@H]2O)[C@H](O)[C@H]1O. The van der Waals surface area contributed by atoms with Crippen molar-refractivity contribution < 1.29 is 50.0 Å². The third kappa shape index (κ3) is 3.80. The van der Waals surface area contributed by atoms with Gasteiger partial charge in [-0.1, -0.05) is 0 Å². The molecule has 0 aromatic carbocycles. The monoisotopic (exact) mass is 410 g/mol. The van der Waals surface area contributed by atoms with Crippen molar-refractivity contribution in [1.29, 1.82) is 0 Å². The number of ether oxygens (including phenoxy) is 3. The lowest BCUT2D eigenvalue weighted by molar-refractivity contribution is -0.366. The zero-order valence-electron chi connectivity index (χ0n) is 15.3. The van der Waals surface area contributed by atoms with Crippen LogP contribution in [0.1, 0.15) is 12.8 Å². The van der Waals surface area contributed by atoms with Crippen LogP contribution < -0.4 is 5.73 Å². The highest BCUT2D eigenvalue weighted by molar-refractivity contribution is 5.01. The fraction of sp³-hybridized carbons (Fsp3) is 1.00. The van der Waals surface area contributed by atoms with Crippen LogP contribution in [0.15, 0.2) is 0 Å². The number of likely N-dealkylation sites (tertiary alicyclic amines) is 1. The van der Waals surface area contributed by atoms with Crippen molar-refractivity contribution in [2.45, 2.75) is 73.8 Å². The van der Waals surface area contributed by atoms with E-state index < -0.39 is 74.2 Å². The van der Waals surface area contributed by atoms with Crippen molar-refractivity contribution in [1.82, 2.24) is 4.90 Å². The van der Waals surface area contributed by atoms with Gasteiger partial charge in [0.05, 0.1) is 13.2 Å². The molecular weight excluding hydrogens is 380 g/mol. The normalized spacial score (nSPS) is 50.8. The smallest absolute Gasteiger partial charge is 0.204 e. The van der Waals surface area contributed by atoms with Gasteiger partial charge in [0, 0.05) is 13.1 Å². The van der Waals surface area contributed by atoms with Crippen molar-refractivity contribution in [3.05, 3.63) is 0 Å². The lowest BCUT2D eigenvalue weighted by Crippen LogP contribution is -2.76. The van der Waals surface area contributed by atoms with Gasteiger partial charge in [-0.25, -0.2) is 0 Å². The van der Waals surface area contributed by atoms with Crippen molar-refractivity contribution >= 4 is 0 Å². The summed E-state index contributed by atoms with van der Waals surface area (Å²) in [7, 11) is 0. The molecule has 3 aliphatic heterocycles. The van der Waals surface area contributed by atoms with Crippen LogP contribution in [0.4, 0.5) is 0 Å². The van der Waals surface area contributed by atoms with E-state index in [9.17, 15) is 35.7 Å². The van der Waals surface area contributed by atoms with E-state index in [0.717, 1.165) is 12.8 Å². The molecule has 0 radical (unpaired) electrons. The van der Waals surface area contributed by atoms with Crippen LogP contribution in [-0.4, -0.2) is 128 Å². The lowest BCUT2D eigenvalue weighted by atomic mass is 9.93. The zero-order chi connectivity index (χ0) is 20.6. The Bertz CT molecular complexity index is 520. The number of hydrogen-bond acceptors (Lipinski definition) is 12. The van der Waals surface area contributed by atoms with Gasteiger partial charge in [-0.2, -0.15) is 0 Å². The van der Waals surface area contributed by atoms with Crippen molar-refractivity contribution in [3.8, 4) is 0 Å². The molecule has 9 N–H and O–H groups in total. The third-order valence-electron chi connectivity index (χ3n) is 5.71. The second-order valence-electron chi connectivity index (χ2n) is 7.52. The maximum atomic E-state index is 10.6. The van der Waals surface area contributed by atoms with E-state index >= 15 is 0 Å². The molecular formula is C16H30N2O10. The first-order valence-electron chi connectivity index (χ1n) is 9.39. The Balaban J connectivity index is 1.76. The lowest BCUT2D eigenvalue weighted by Gasteiger charge is -2.52. The van der Waals surface area contributed by atoms with Crippen molar-refractivity contribution in [3.63, 3.8) is 0 Å². The molecule has 0 aromatic rings. The highest BCUT2D eigenvalue weighted by Crippen LogP contribution is 2.34. The summed E-state index contributed by atoms with van der Waals surface area (Å²) >= 11 is 0. The number of nitrogens with two attached hydrogens (primary N) is 1. The van der Waals surface area contributed by atoms with E-state index in [4.69, 9.17) is 19.9 Å². The predicted octanol–water partition coefficient (Wildman–Crippen LogP) is -5.01. The van der Waals surface area contributed by atoms with Crippen molar-refractivity contribution in [2.75, 3.05) is 26.3 Å². The van der Waals surface area contributed by atoms with Gasteiger partial charge in [-0.15, -0.1) is 0 Å². The Labute approximate surface area is 161 Å². The summed E-state index contributed by atoms with van der Waals surface area (Å²) in [4.78, 5) is 1.67. The first-order valence-corrected chi connectivity index (χ1v) is 9.39. The average Bonchev–Trinajstić information content (AvgIpc) is 3.23. The van der Waals surface area contributed by atoms with Crippen LogP contribution in [0.25, 0.3) is 0 Å². The van der Waals surface area contributed by atoms with Crippen LogP contribution in [0.5, 0.6) is 0 Å². The minimum Gasteiger partial charge on any atom is -0.394 e. The highest BCUT2D eigenvalue weighted by Gasteiger charge is 2.57. The Morgan fingerprint density at radius 2 is 1.50 bits per heavy atom. The van der Waals surface area contributed by atoms with E-state index in [0.29, 0.717) is 13.1 Å². The Kier molecular flexibility index (Phi) is 6.91. The quantitative estimate of drug-likeness (QED) is 0.215. The minimum absolute atomic E-state index is 0.552. The molecule has 3 rings (SSSR count). The van der Waals surface area contributed by atoms with Gasteiger partial charge in [0.15, 0.2) is 6.29 Å². The molecule has 3 saturated heterocycles. The van der Waals surface area contributed by atoms with Gasteiger partial charge < -0.3 is 50.0 Å². The van der Waals surface area contributed by atoms with Crippen LogP contribution in [0.3, 0.4) is 0 Å². The summed E-state index contributed by atoms with van der Waals surface area (Å²) in [6.07, 6.45) is -11.8. The second-order valence-corrected chi connectivity index (χ2v) is 7.52. The summed E-state index contributed by atoms with van der Waals surface area (Å²) in [5.74, 6) is -1.72.